The van der Waals surface area contributed by atoms with E-state index >= 15 is 0 Å². The van der Waals surface area contributed by atoms with Gasteiger partial charge in [0.15, 0.2) is 0 Å². The Bertz CT molecular complexity index is 573. The summed E-state index contributed by atoms with van der Waals surface area (Å²) >= 11 is 0. The van der Waals surface area contributed by atoms with E-state index in [1.165, 1.54) is 0 Å². The minimum absolute atomic E-state index is 0.356. The average Bonchev–Trinajstić information content (AvgIpc) is 2.13. The molecule has 0 aromatic heterocycles. The minimum atomic E-state index is -6.04. The van der Waals surface area contributed by atoms with Crippen LogP contribution in [0.25, 0.3) is 0 Å². The quantitative estimate of drug-likeness (QED) is 0.461. The fourth-order valence-corrected chi connectivity index (χ4v) is 1.32. The predicted octanol–water partition coefficient (Wildman–Crippen LogP) is 0.921. The minimum Gasteiger partial charge on any atom is -0.858 e. The third-order valence-electron chi connectivity index (χ3n) is 1.61. The first-order valence-electron chi connectivity index (χ1n) is 4.07. The second-order valence-corrected chi connectivity index (χ2v) is 4.57. The summed E-state index contributed by atoms with van der Waals surface area (Å²) in [5.41, 5.74) is -6.70. The topological polar surface area (TPSA) is 69.6 Å². The molecule has 1 rings (SSSR count). The smallest absolute Gasteiger partial charge is 0.518 e. The maximum atomic E-state index is 12.6. The van der Waals surface area contributed by atoms with Crippen LogP contribution < -0.4 is 5.11 Å². The van der Waals surface area contributed by atoms with E-state index < -0.39 is 38.6 Å². The van der Waals surface area contributed by atoms with E-state index in [1.54, 1.807) is 0 Å². The van der Waals surface area contributed by atoms with E-state index in [0.29, 0.717) is 18.2 Å². The van der Waals surface area contributed by atoms with Crippen LogP contribution in [-0.4, -0.2) is 19.8 Å². The number of sulfonamides is 1. The zero-order valence-corrected chi connectivity index (χ0v) is 9.02. The lowest BCUT2D eigenvalue weighted by Crippen LogP contribution is -2.27. The number of rotatable bonds is 2. The van der Waals surface area contributed by atoms with Crippen molar-refractivity contribution in [2.24, 2.45) is 4.40 Å². The number of nitrogens with zero attached hydrogens (tertiary/aromatic N) is 1. The summed E-state index contributed by atoms with van der Waals surface area (Å²) in [7, 11) is -6.04. The zero-order chi connectivity index (χ0) is 14.1. The Labute approximate surface area is 97.4 Å². The van der Waals surface area contributed by atoms with Crippen molar-refractivity contribution in [3.05, 3.63) is 35.4 Å². The van der Waals surface area contributed by atoms with Crippen molar-refractivity contribution >= 4 is 15.9 Å². The Morgan fingerprint density at radius 1 is 1.11 bits per heavy atom. The van der Waals surface area contributed by atoms with Crippen LogP contribution in [0.15, 0.2) is 22.6 Å². The van der Waals surface area contributed by atoms with E-state index in [9.17, 15) is 35.5 Å². The molecule has 0 aliphatic carbocycles. The predicted molar refractivity (Wildman–Crippen MR) is 47.9 cm³/mol. The number of benzene rings is 1. The number of alkyl halides is 3. The summed E-state index contributed by atoms with van der Waals surface area (Å²) < 4.78 is 83.9. The molecular formula is C8H3F5NO3S-. The van der Waals surface area contributed by atoms with Gasteiger partial charge in [0.2, 0.25) is 0 Å². The molecular weight excluding hydrogens is 285 g/mol. The molecule has 0 saturated carbocycles. The summed E-state index contributed by atoms with van der Waals surface area (Å²) in [6.07, 6.45) is 0. The van der Waals surface area contributed by atoms with Gasteiger partial charge in [0.1, 0.15) is 11.6 Å². The van der Waals surface area contributed by atoms with Crippen molar-refractivity contribution < 1.29 is 35.5 Å². The Balaban J connectivity index is 3.27. The van der Waals surface area contributed by atoms with E-state index in [0.717, 1.165) is 0 Å². The van der Waals surface area contributed by atoms with Crippen molar-refractivity contribution in [2.75, 3.05) is 0 Å². The molecule has 0 fully saturated rings. The summed E-state index contributed by atoms with van der Waals surface area (Å²) in [6, 6.07) is 1.08. The molecule has 0 unspecified atom stereocenters. The molecule has 0 bridgehead atoms. The molecule has 0 spiro atoms. The highest BCUT2D eigenvalue weighted by atomic mass is 32.2. The standard InChI is InChI=1S/C8H4F5NO3S/c9-5-1-4(2-6(10)3-5)7(15)14-18(16,17)8(11,12)13/h1-3H,(H,14,15)/p-1. The van der Waals surface area contributed by atoms with Crippen molar-refractivity contribution in [3.63, 3.8) is 0 Å². The lowest BCUT2D eigenvalue weighted by molar-refractivity contribution is -0.212. The van der Waals surface area contributed by atoms with Gasteiger partial charge in [-0.3, -0.25) is 0 Å². The Hall–Kier alpha value is -1.71. The highest BCUT2D eigenvalue weighted by molar-refractivity contribution is 7.91. The molecule has 0 heterocycles. The second-order valence-electron chi connectivity index (χ2n) is 2.98. The normalized spacial score (nSPS) is 13.7. The van der Waals surface area contributed by atoms with E-state index in [-0.39, 0.29) is 0 Å². The highest BCUT2D eigenvalue weighted by Crippen LogP contribution is 2.25. The van der Waals surface area contributed by atoms with Crippen LogP contribution in [0.3, 0.4) is 0 Å². The first kappa shape index (κ1) is 14.4. The summed E-state index contributed by atoms with van der Waals surface area (Å²) in [5.74, 6) is -4.42. The molecule has 0 amide bonds. The van der Waals surface area contributed by atoms with Gasteiger partial charge in [-0.05, 0) is 17.7 Å². The SMILES string of the molecule is O=S(=O)(/N=C(\[O-])c1cc(F)cc(F)c1)C(F)(F)F. The van der Waals surface area contributed by atoms with E-state index in [4.69, 9.17) is 0 Å². The van der Waals surface area contributed by atoms with Gasteiger partial charge in [-0.2, -0.15) is 26.0 Å². The Morgan fingerprint density at radius 3 is 1.94 bits per heavy atom. The van der Waals surface area contributed by atoms with Crippen molar-refractivity contribution in [2.45, 2.75) is 5.51 Å². The molecule has 18 heavy (non-hydrogen) atoms. The third-order valence-corrected chi connectivity index (χ3v) is 2.60. The van der Waals surface area contributed by atoms with Crippen LogP contribution in [0.4, 0.5) is 22.0 Å². The van der Waals surface area contributed by atoms with Crippen LogP contribution in [0, 0.1) is 11.6 Å². The van der Waals surface area contributed by atoms with Crippen molar-refractivity contribution in [3.8, 4) is 0 Å². The molecule has 0 aliphatic rings. The second kappa shape index (κ2) is 4.52. The molecule has 0 atom stereocenters. The maximum absolute atomic E-state index is 12.6. The molecule has 4 nitrogen and oxygen atoms in total. The van der Waals surface area contributed by atoms with Crippen molar-refractivity contribution in [1.29, 1.82) is 0 Å². The maximum Gasteiger partial charge on any atom is 0.518 e. The lowest BCUT2D eigenvalue weighted by Gasteiger charge is -2.12. The largest absolute Gasteiger partial charge is 0.858 e. The lowest BCUT2D eigenvalue weighted by atomic mass is 10.2. The molecule has 1 aromatic carbocycles. The molecule has 100 valence electrons. The first-order valence-corrected chi connectivity index (χ1v) is 5.51. The van der Waals surface area contributed by atoms with Gasteiger partial charge in [0.05, 0.1) is 0 Å². The van der Waals surface area contributed by atoms with Gasteiger partial charge in [-0.1, -0.05) is 0 Å². The summed E-state index contributed by atoms with van der Waals surface area (Å²) in [4.78, 5) is 0. The fraction of sp³-hybridized carbons (Fsp3) is 0.125. The van der Waals surface area contributed by atoms with Gasteiger partial charge < -0.3 is 5.11 Å². The van der Waals surface area contributed by atoms with Crippen molar-refractivity contribution in [1.82, 2.24) is 0 Å². The van der Waals surface area contributed by atoms with Gasteiger partial charge in [0, 0.05) is 12.0 Å². The van der Waals surface area contributed by atoms with Crippen LogP contribution in [0.2, 0.25) is 0 Å². The van der Waals surface area contributed by atoms with Crippen LogP contribution in [-0.2, 0) is 10.0 Å². The first-order chi connectivity index (χ1) is 8.03. The molecule has 1 aromatic rings. The Kier molecular flexibility index (Phi) is 3.60. The average molecular weight is 288 g/mol. The summed E-state index contributed by atoms with van der Waals surface area (Å²) in [5, 5.41) is 11.0. The van der Waals surface area contributed by atoms with Crippen LogP contribution >= 0.6 is 0 Å². The highest BCUT2D eigenvalue weighted by Gasteiger charge is 2.45. The molecule has 0 saturated heterocycles. The monoisotopic (exact) mass is 288 g/mol. The van der Waals surface area contributed by atoms with Gasteiger partial charge in [-0.25, -0.2) is 8.78 Å². The number of hydrogen-bond donors (Lipinski definition) is 0. The van der Waals surface area contributed by atoms with E-state index in [2.05, 4.69) is 0 Å². The number of hydrogen-bond acceptors (Lipinski definition) is 3. The van der Waals surface area contributed by atoms with Gasteiger partial charge in [-0.15, -0.1) is 0 Å². The van der Waals surface area contributed by atoms with Crippen LogP contribution in [0.5, 0.6) is 0 Å². The van der Waals surface area contributed by atoms with E-state index in [1.807, 2.05) is 4.40 Å². The van der Waals surface area contributed by atoms with Gasteiger partial charge >= 0.3 is 15.5 Å². The third kappa shape index (κ3) is 3.15. The fourth-order valence-electron chi connectivity index (χ4n) is 0.891. The molecule has 0 aliphatic heterocycles. The Morgan fingerprint density at radius 2 is 1.56 bits per heavy atom. The molecule has 0 N–H and O–H groups in total. The van der Waals surface area contributed by atoms with Crippen LogP contribution in [0.1, 0.15) is 5.56 Å². The summed E-state index contributed by atoms with van der Waals surface area (Å²) in [6.45, 7) is 0. The molecule has 10 heteroatoms. The molecule has 0 radical (unpaired) electrons. The van der Waals surface area contributed by atoms with Gasteiger partial charge in [0.25, 0.3) is 0 Å². The number of halogens is 5. The zero-order valence-electron chi connectivity index (χ0n) is 8.20.